The minimum absolute atomic E-state index is 0.0716. The molecule has 5 nitrogen and oxygen atoms in total. The molecule has 1 aliphatic carbocycles. The fourth-order valence-corrected chi connectivity index (χ4v) is 5.85. The molecule has 0 radical (unpaired) electrons. The van der Waals surface area contributed by atoms with Crippen molar-refractivity contribution < 1.29 is 9.53 Å². The van der Waals surface area contributed by atoms with Gasteiger partial charge in [0, 0.05) is 16.5 Å². The molecule has 0 N–H and O–H groups in total. The van der Waals surface area contributed by atoms with E-state index in [-0.39, 0.29) is 16.8 Å². The number of rotatable bonds is 3. The van der Waals surface area contributed by atoms with Crippen LogP contribution in [0.4, 0.5) is 0 Å². The van der Waals surface area contributed by atoms with E-state index in [2.05, 4.69) is 29.8 Å². The third-order valence-corrected chi connectivity index (χ3v) is 7.61. The minimum atomic E-state index is -0.467. The van der Waals surface area contributed by atoms with Gasteiger partial charge in [0.05, 0.1) is 23.4 Å². The number of hydrogen-bond donors (Lipinski definition) is 0. The van der Waals surface area contributed by atoms with Crippen molar-refractivity contribution in [1.82, 2.24) is 4.57 Å². The summed E-state index contributed by atoms with van der Waals surface area (Å²) in [6.07, 6.45) is 3.04. The number of benzene rings is 2. The Bertz CT molecular complexity index is 1460. The van der Waals surface area contributed by atoms with Crippen molar-refractivity contribution in [3.8, 4) is 5.75 Å². The molecule has 168 valence electrons. The Labute approximate surface area is 203 Å². The molecule has 2 aromatic carbocycles. The molecule has 0 spiro atoms. The van der Waals surface area contributed by atoms with E-state index in [1.165, 1.54) is 11.3 Å². The molecule has 0 bridgehead atoms. The molecule has 1 aliphatic heterocycles. The lowest BCUT2D eigenvalue weighted by Crippen LogP contribution is -2.42. The lowest BCUT2D eigenvalue weighted by molar-refractivity contribution is -0.118. The van der Waals surface area contributed by atoms with Crippen molar-refractivity contribution in [3.05, 3.63) is 95.1 Å². The Morgan fingerprint density at radius 1 is 1.09 bits per heavy atom. The van der Waals surface area contributed by atoms with Crippen molar-refractivity contribution >= 4 is 39.1 Å². The van der Waals surface area contributed by atoms with Crippen LogP contribution in [-0.2, 0) is 4.79 Å². The van der Waals surface area contributed by atoms with Crippen LogP contribution in [0, 0.1) is 5.41 Å². The number of carbonyl (C=O) groups is 1. The number of fused-ring (bicyclic) bond motifs is 1. The van der Waals surface area contributed by atoms with Crippen molar-refractivity contribution in [3.63, 3.8) is 0 Å². The van der Waals surface area contributed by atoms with Gasteiger partial charge >= 0.3 is 0 Å². The zero-order valence-corrected chi connectivity index (χ0v) is 21.0. The van der Waals surface area contributed by atoms with Gasteiger partial charge in [0.15, 0.2) is 10.6 Å². The molecule has 1 aromatic heterocycles. The average molecular weight is 523 g/mol. The maximum atomic E-state index is 13.6. The molecular formula is C26H23BrN2O3S. The number of carbonyl (C=O) groups excluding carboxylic acids is 1. The Hall–Kier alpha value is -2.77. The molecular weight excluding hydrogens is 500 g/mol. The van der Waals surface area contributed by atoms with Gasteiger partial charge < -0.3 is 4.74 Å². The fraction of sp³-hybridized carbons (Fsp3) is 0.269. The molecule has 7 heteroatoms. The highest BCUT2D eigenvalue weighted by atomic mass is 79.9. The summed E-state index contributed by atoms with van der Waals surface area (Å²) in [5, 5.41) is 0. The topological polar surface area (TPSA) is 60.7 Å². The van der Waals surface area contributed by atoms with Crippen LogP contribution >= 0.6 is 27.3 Å². The first-order chi connectivity index (χ1) is 15.8. The van der Waals surface area contributed by atoms with E-state index in [1.54, 1.807) is 11.7 Å². The van der Waals surface area contributed by atoms with Crippen molar-refractivity contribution in [2.75, 3.05) is 7.11 Å². The van der Waals surface area contributed by atoms with Crippen LogP contribution < -0.4 is 19.6 Å². The SMILES string of the molecule is COc1ccc(C=c2sc3n(c2=O)C(c2ccc(Br)cc2)C2=C(CC(C)(C)CC2=O)N=3)cc1. The summed E-state index contributed by atoms with van der Waals surface area (Å²) >= 11 is 4.85. The van der Waals surface area contributed by atoms with E-state index in [0.717, 1.165) is 27.0 Å². The zero-order chi connectivity index (χ0) is 23.3. The first kappa shape index (κ1) is 22.0. The van der Waals surface area contributed by atoms with E-state index in [1.807, 2.05) is 54.6 Å². The van der Waals surface area contributed by atoms with Crippen molar-refractivity contribution in [1.29, 1.82) is 0 Å². The minimum Gasteiger partial charge on any atom is -0.497 e. The van der Waals surface area contributed by atoms with Crippen LogP contribution in [0.25, 0.3) is 6.08 Å². The summed E-state index contributed by atoms with van der Waals surface area (Å²) < 4.78 is 8.46. The number of methoxy groups -OCH3 is 1. The largest absolute Gasteiger partial charge is 0.497 e. The van der Waals surface area contributed by atoms with E-state index in [0.29, 0.717) is 27.7 Å². The summed E-state index contributed by atoms with van der Waals surface area (Å²) in [6.45, 7) is 4.19. The average Bonchev–Trinajstić information content (AvgIpc) is 3.07. The fourth-order valence-electron chi connectivity index (χ4n) is 4.56. The summed E-state index contributed by atoms with van der Waals surface area (Å²) in [4.78, 5) is 32.4. The van der Waals surface area contributed by atoms with Crippen LogP contribution in [0.1, 0.15) is 43.9 Å². The second kappa shape index (κ2) is 8.22. The number of ketones is 1. The standard InChI is InChI=1S/C26H23BrN2O3S/c1-26(2)13-19-22(20(30)14-26)23(16-6-8-17(27)9-7-16)29-24(31)21(33-25(29)28-19)12-15-4-10-18(32-3)11-5-15/h4-12,23H,13-14H2,1-3H3. The van der Waals surface area contributed by atoms with Gasteiger partial charge in [-0.05, 0) is 53.3 Å². The quantitative estimate of drug-likeness (QED) is 0.512. The van der Waals surface area contributed by atoms with Gasteiger partial charge in [0.2, 0.25) is 0 Å². The van der Waals surface area contributed by atoms with Crippen LogP contribution in [0.5, 0.6) is 5.75 Å². The molecule has 0 fully saturated rings. The molecule has 2 aliphatic rings. The summed E-state index contributed by atoms with van der Waals surface area (Å²) in [5.41, 5.74) is 2.99. The molecule has 0 saturated heterocycles. The first-order valence-corrected chi connectivity index (χ1v) is 12.3. The lowest BCUT2D eigenvalue weighted by atomic mass is 9.73. The predicted octanol–water partition coefficient (Wildman–Crippen LogP) is 4.38. The second-order valence-corrected chi connectivity index (χ2v) is 11.1. The van der Waals surface area contributed by atoms with Gasteiger partial charge in [-0.15, -0.1) is 0 Å². The highest BCUT2D eigenvalue weighted by Crippen LogP contribution is 2.43. The van der Waals surface area contributed by atoms with E-state index in [4.69, 9.17) is 9.73 Å². The van der Waals surface area contributed by atoms with E-state index in [9.17, 15) is 9.59 Å². The third-order valence-electron chi connectivity index (χ3n) is 6.09. The summed E-state index contributed by atoms with van der Waals surface area (Å²) in [5.74, 6) is 0.833. The molecule has 0 saturated carbocycles. The Balaban J connectivity index is 1.73. The third kappa shape index (κ3) is 4.04. The van der Waals surface area contributed by atoms with Gasteiger partial charge in [-0.2, -0.15) is 0 Å². The van der Waals surface area contributed by atoms with Gasteiger partial charge in [0.25, 0.3) is 5.56 Å². The normalized spacial score (nSPS) is 19.7. The summed E-state index contributed by atoms with van der Waals surface area (Å²) in [7, 11) is 1.62. The van der Waals surface area contributed by atoms with Gasteiger partial charge in [-0.3, -0.25) is 14.2 Å². The number of halogens is 1. The van der Waals surface area contributed by atoms with Gasteiger partial charge in [-0.1, -0.05) is 65.4 Å². The molecule has 1 unspecified atom stereocenters. The van der Waals surface area contributed by atoms with E-state index < -0.39 is 6.04 Å². The molecule has 3 aromatic rings. The number of hydrogen-bond acceptors (Lipinski definition) is 5. The highest BCUT2D eigenvalue weighted by Gasteiger charge is 2.40. The number of allylic oxidation sites excluding steroid dienone is 2. The number of nitrogens with zero attached hydrogens (tertiary/aromatic N) is 2. The first-order valence-electron chi connectivity index (χ1n) is 10.7. The molecule has 0 amide bonds. The number of thiazole rings is 1. The number of aromatic nitrogens is 1. The predicted molar refractivity (Wildman–Crippen MR) is 133 cm³/mol. The zero-order valence-electron chi connectivity index (χ0n) is 18.6. The lowest BCUT2D eigenvalue weighted by Gasteiger charge is -2.35. The Morgan fingerprint density at radius 2 is 1.79 bits per heavy atom. The van der Waals surface area contributed by atoms with Gasteiger partial charge in [0.1, 0.15) is 5.75 Å². The highest BCUT2D eigenvalue weighted by molar-refractivity contribution is 9.10. The van der Waals surface area contributed by atoms with E-state index >= 15 is 0 Å². The van der Waals surface area contributed by atoms with Crippen LogP contribution in [-0.4, -0.2) is 17.5 Å². The molecule has 5 rings (SSSR count). The maximum absolute atomic E-state index is 13.6. The Kier molecular flexibility index (Phi) is 5.49. The smallest absolute Gasteiger partial charge is 0.271 e. The van der Waals surface area contributed by atoms with Crippen LogP contribution in [0.3, 0.4) is 0 Å². The van der Waals surface area contributed by atoms with Crippen LogP contribution in [0.15, 0.2) is 74.1 Å². The monoisotopic (exact) mass is 522 g/mol. The van der Waals surface area contributed by atoms with Crippen LogP contribution in [0.2, 0.25) is 0 Å². The Morgan fingerprint density at radius 3 is 2.45 bits per heavy atom. The van der Waals surface area contributed by atoms with Crippen molar-refractivity contribution in [2.45, 2.75) is 32.7 Å². The molecule has 33 heavy (non-hydrogen) atoms. The molecule has 1 atom stereocenters. The molecule has 2 heterocycles. The summed E-state index contributed by atoms with van der Waals surface area (Å²) in [6, 6.07) is 14.9. The second-order valence-electron chi connectivity index (χ2n) is 9.21. The number of ether oxygens (including phenoxy) is 1. The maximum Gasteiger partial charge on any atom is 0.271 e. The number of Topliss-reactive ketones (excluding diaryl/α,β-unsaturated/α-hetero) is 1. The van der Waals surface area contributed by atoms with Crippen molar-refractivity contribution in [2.24, 2.45) is 10.4 Å². The van der Waals surface area contributed by atoms with Gasteiger partial charge in [-0.25, -0.2) is 4.99 Å².